The van der Waals surface area contributed by atoms with E-state index in [0.29, 0.717) is 18.9 Å². The molecule has 0 spiro atoms. The summed E-state index contributed by atoms with van der Waals surface area (Å²) in [7, 11) is 0. The number of pyridine rings is 1. The maximum absolute atomic E-state index is 12.3. The highest BCUT2D eigenvalue weighted by Crippen LogP contribution is 2.32. The molecule has 1 aliphatic rings. The number of carbonyl (C=O) groups is 1. The van der Waals surface area contributed by atoms with Crippen molar-refractivity contribution >= 4 is 5.91 Å². The number of nitrogens with two attached hydrogens (primary N) is 1. The standard InChI is InChI=1S/C16H25N3O/c1-12-6-5-9-18-14(12)10-15(20)19-16(11-17)8-4-3-7-13(16)2/h5-6,9,13H,3-4,7-8,10-11,17H2,1-2H3,(H,19,20). The van der Waals surface area contributed by atoms with Gasteiger partial charge < -0.3 is 11.1 Å². The second-order valence-corrected chi connectivity index (χ2v) is 6.00. The molecule has 1 heterocycles. The fourth-order valence-corrected chi connectivity index (χ4v) is 3.13. The van der Waals surface area contributed by atoms with E-state index in [9.17, 15) is 4.79 Å². The lowest BCUT2D eigenvalue weighted by atomic mass is 9.73. The van der Waals surface area contributed by atoms with Gasteiger partial charge in [-0.05, 0) is 37.3 Å². The topological polar surface area (TPSA) is 68.0 Å². The van der Waals surface area contributed by atoms with Crippen LogP contribution < -0.4 is 11.1 Å². The third-order valence-electron chi connectivity index (χ3n) is 4.65. The number of hydrogen-bond acceptors (Lipinski definition) is 3. The van der Waals surface area contributed by atoms with E-state index < -0.39 is 0 Å². The third-order valence-corrected chi connectivity index (χ3v) is 4.65. The number of nitrogens with zero attached hydrogens (tertiary/aromatic N) is 1. The minimum Gasteiger partial charge on any atom is -0.349 e. The molecule has 1 aromatic heterocycles. The molecule has 1 aromatic rings. The maximum atomic E-state index is 12.3. The molecule has 4 nitrogen and oxygen atoms in total. The molecule has 4 heteroatoms. The van der Waals surface area contributed by atoms with Gasteiger partial charge in [0.1, 0.15) is 0 Å². The Morgan fingerprint density at radius 2 is 2.35 bits per heavy atom. The molecule has 20 heavy (non-hydrogen) atoms. The van der Waals surface area contributed by atoms with E-state index in [1.807, 2.05) is 19.1 Å². The zero-order valence-electron chi connectivity index (χ0n) is 12.5. The first-order valence-electron chi connectivity index (χ1n) is 7.49. The summed E-state index contributed by atoms with van der Waals surface area (Å²) in [6, 6.07) is 3.87. The molecule has 1 fully saturated rings. The number of hydrogen-bond donors (Lipinski definition) is 2. The predicted molar refractivity (Wildman–Crippen MR) is 80.2 cm³/mol. The number of nitrogens with one attached hydrogen (secondary N) is 1. The summed E-state index contributed by atoms with van der Waals surface area (Å²) < 4.78 is 0. The molecular formula is C16H25N3O. The van der Waals surface area contributed by atoms with Crippen LogP contribution in [0, 0.1) is 12.8 Å². The SMILES string of the molecule is Cc1cccnc1CC(=O)NC1(CN)CCCCC1C. The quantitative estimate of drug-likeness (QED) is 0.882. The summed E-state index contributed by atoms with van der Waals surface area (Å²) >= 11 is 0. The van der Waals surface area contributed by atoms with Crippen molar-refractivity contribution in [3.8, 4) is 0 Å². The Bertz CT molecular complexity index is 475. The molecule has 0 bridgehead atoms. The van der Waals surface area contributed by atoms with Crippen LogP contribution in [0.1, 0.15) is 43.9 Å². The van der Waals surface area contributed by atoms with Gasteiger partial charge in [0, 0.05) is 12.7 Å². The minimum absolute atomic E-state index is 0.0333. The van der Waals surface area contributed by atoms with Crippen LogP contribution in [0.15, 0.2) is 18.3 Å². The Hall–Kier alpha value is -1.42. The molecule has 3 N–H and O–H groups in total. The Morgan fingerprint density at radius 3 is 3.00 bits per heavy atom. The van der Waals surface area contributed by atoms with Crippen LogP contribution in [-0.2, 0) is 11.2 Å². The van der Waals surface area contributed by atoms with Gasteiger partial charge >= 0.3 is 0 Å². The predicted octanol–water partition coefficient (Wildman–Crippen LogP) is 1.96. The first-order chi connectivity index (χ1) is 9.57. The number of carbonyl (C=O) groups excluding carboxylic acids is 1. The minimum atomic E-state index is -0.224. The van der Waals surface area contributed by atoms with E-state index in [0.717, 1.165) is 30.5 Å². The van der Waals surface area contributed by atoms with Crippen molar-refractivity contribution in [3.05, 3.63) is 29.6 Å². The average molecular weight is 275 g/mol. The summed E-state index contributed by atoms with van der Waals surface area (Å²) in [6.07, 6.45) is 6.57. The molecule has 1 aliphatic carbocycles. The number of aromatic nitrogens is 1. The number of amides is 1. The molecule has 0 radical (unpaired) electrons. The monoisotopic (exact) mass is 275 g/mol. The molecule has 1 saturated carbocycles. The lowest BCUT2D eigenvalue weighted by Gasteiger charge is -2.42. The van der Waals surface area contributed by atoms with Crippen LogP contribution in [0.5, 0.6) is 0 Å². The summed E-state index contributed by atoms with van der Waals surface area (Å²) in [4.78, 5) is 16.6. The molecule has 0 aromatic carbocycles. The van der Waals surface area contributed by atoms with Gasteiger partial charge in [-0.2, -0.15) is 0 Å². The summed E-state index contributed by atoms with van der Waals surface area (Å²) in [6.45, 7) is 4.69. The summed E-state index contributed by atoms with van der Waals surface area (Å²) in [5.41, 5.74) is 7.65. The van der Waals surface area contributed by atoms with E-state index in [1.165, 1.54) is 6.42 Å². The van der Waals surface area contributed by atoms with Crippen molar-refractivity contribution in [2.45, 2.75) is 51.5 Å². The van der Waals surface area contributed by atoms with Gasteiger partial charge in [-0.1, -0.05) is 25.8 Å². The van der Waals surface area contributed by atoms with Crippen LogP contribution in [-0.4, -0.2) is 23.0 Å². The number of aryl methyl sites for hydroxylation is 1. The van der Waals surface area contributed by atoms with Crippen LogP contribution >= 0.6 is 0 Å². The normalized spacial score (nSPS) is 26.2. The average Bonchev–Trinajstić information content (AvgIpc) is 2.44. The largest absolute Gasteiger partial charge is 0.349 e. The van der Waals surface area contributed by atoms with E-state index in [2.05, 4.69) is 17.2 Å². The Balaban J connectivity index is 2.04. The second kappa shape index (κ2) is 6.35. The third kappa shape index (κ3) is 3.18. The molecule has 110 valence electrons. The van der Waals surface area contributed by atoms with E-state index in [-0.39, 0.29) is 11.4 Å². The van der Waals surface area contributed by atoms with Gasteiger partial charge in [-0.25, -0.2) is 0 Å². The van der Waals surface area contributed by atoms with Gasteiger partial charge in [0.25, 0.3) is 0 Å². The molecule has 2 atom stereocenters. The second-order valence-electron chi connectivity index (χ2n) is 6.00. The van der Waals surface area contributed by atoms with Gasteiger partial charge in [0.15, 0.2) is 0 Å². The van der Waals surface area contributed by atoms with Crippen molar-refractivity contribution < 1.29 is 4.79 Å². The van der Waals surface area contributed by atoms with E-state index in [1.54, 1.807) is 6.20 Å². The summed E-state index contributed by atoms with van der Waals surface area (Å²) in [5, 5.41) is 3.20. The van der Waals surface area contributed by atoms with E-state index >= 15 is 0 Å². The maximum Gasteiger partial charge on any atom is 0.226 e. The molecule has 2 unspecified atom stereocenters. The molecule has 2 rings (SSSR count). The van der Waals surface area contributed by atoms with Crippen molar-refractivity contribution in [3.63, 3.8) is 0 Å². The first kappa shape index (κ1) is 15.0. The van der Waals surface area contributed by atoms with Crippen LogP contribution in [0.3, 0.4) is 0 Å². The van der Waals surface area contributed by atoms with Crippen molar-refractivity contribution in [1.82, 2.24) is 10.3 Å². The zero-order valence-corrected chi connectivity index (χ0v) is 12.5. The lowest BCUT2D eigenvalue weighted by molar-refractivity contribution is -0.123. The molecule has 0 saturated heterocycles. The molecule has 0 aliphatic heterocycles. The first-order valence-corrected chi connectivity index (χ1v) is 7.49. The number of rotatable bonds is 4. The fourth-order valence-electron chi connectivity index (χ4n) is 3.13. The van der Waals surface area contributed by atoms with Gasteiger partial charge in [-0.3, -0.25) is 9.78 Å². The fraction of sp³-hybridized carbons (Fsp3) is 0.625. The lowest BCUT2D eigenvalue weighted by Crippen LogP contribution is -2.59. The van der Waals surface area contributed by atoms with Crippen molar-refractivity contribution in [1.29, 1.82) is 0 Å². The Kier molecular flexibility index (Phi) is 4.76. The van der Waals surface area contributed by atoms with Crippen molar-refractivity contribution in [2.24, 2.45) is 11.7 Å². The molecular weight excluding hydrogens is 250 g/mol. The van der Waals surface area contributed by atoms with Crippen molar-refractivity contribution in [2.75, 3.05) is 6.54 Å². The highest BCUT2D eigenvalue weighted by molar-refractivity contribution is 5.79. The Morgan fingerprint density at radius 1 is 1.55 bits per heavy atom. The van der Waals surface area contributed by atoms with Crippen LogP contribution in [0.4, 0.5) is 0 Å². The Labute approximate surface area is 121 Å². The zero-order chi connectivity index (χ0) is 14.6. The van der Waals surface area contributed by atoms with Gasteiger partial charge in [-0.15, -0.1) is 0 Å². The van der Waals surface area contributed by atoms with Gasteiger partial charge in [0.2, 0.25) is 5.91 Å². The van der Waals surface area contributed by atoms with Crippen LogP contribution in [0.2, 0.25) is 0 Å². The summed E-state index contributed by atoms with van der Waals surface area (Å²) in [5.74, 6) is 0.473. The molecule has 1 amide bonds. The van der Waals surface area contributed by atoms with Crippen LogP contribution in [0.25, 0.3) is 0 Å². The van der Waals surface area contributed by atoms with E-state index in [4.69, 9.17) is 5.73 Å². The van der Waals surface area contributed by atoms with Gasteiger partial charge in [0.05, 0.1) is 17.7 Å². The highest BCUT2D eigenvalue weighted by atomic mass is 16.1. The highest BCUT2D eigenvalue weighted by Gasteiger charge is 2.38. The smallest absolute Gasteiger partial charge is 0.226 e.